The number of benzene rings is 1. The summed E-state index contributed by atoms with van der Waals surface area (Å²) in [5.74, 6) is 3.62. The summed E-state index contributed by atoms with van der Waals surface area (Å²) in [6.07, 6.45) is 2.63. The highest BCUT2D eigenvalue weighted by Gasteiger charge is 2.16. The highest BCUT2D eigenvalue weighted by atomic mass is 32.2. The fraction of sp³-hybridized carbons (Fsp3) is 0.588. The lowest BCUT2D eigenvalue weighted by atomic mass is 10.2. The molecule has 1 heterocycles. The van der Waals surface area contributed by atoms with Crippen LogP contribution in [-0.4, -0.2) is 50.3 Å². The highest BCUT2D eigenvalue weighted by Crippen LogP contribution is 2.26. The number of nitrogens with one attached hydrogen (secondary N) is 2. The molecule has 2 rings (SSSR count). The van der Waals surface area contributed by atoms with E-state index in [1.165, 1.54) is 18.6 Å². The average Bonchev–Trinajstić information content (AvgIpc) is 3.09. The first-order valence-electron chi connectivity index (χ1n) is 8.08. The van der Waals surface area contributed by atoms with Gasteiger partial charge < -0.3 is 20.1 Å². The van der Waals surface area contributed by atoms with E-state index in [4.69, 9.17) is 9.47 Å². The Kier molecular flexibility index (Phi) is 7.39. The van der Waals surface area contributed by atoms with Gasteiger partial charge in [-0.1, -0.05) is 12.1 Å². The third kappa shape index (κ3) is 5.86. The van der Waals surface area contributed by atoms with Crippen LogP contribution in [0.5, 0.6) is 11.5 Å². The number of guanidine groups is 1. The number of ether oxygens (including phenoxy) is 2. The van der Waals surface area contributed by atoms with Crippen LogP contribution in [-0.2, 0) is 0 Å². The Balaban J connectivity index is 1.74. The second-order valence-electron chi connectivity index (χ2n) is 5.55. The maximum absolute atomic E-state index is 5.93. The fourth-order valence-electron chi connectivity index (χ4n) is 2.45. The summed E-state index contributed by atoms with van der Waals surface area (Å²) in [7, 11) is 3.45. The van der Waals surface area contributed by atoms with Crippen molar-refractivity contribution in [1.82, 2.24) is 10.6 Å². The molecule has 1 aromatic carbocycles. The number of thioether (sulfide) groups is 1. The van der Waals surface area contributed by atoms with Crippen LogP contribution >= 0.6 is 11.8 Å². The molecule has 128 valence electrons. The topological polar surface area (TPSA) is 54.9 Å². The van der Waals surface area contributed by atoms with Crippen LogP contribution in [0.4, 0.5) is 0 Å². The van der Waals surface area contributed by atoms with Gasteiger partial charge >= 0.3 is 0 Å². The molecule has 23 heavy (non-hydrogen) atoms. The number of hydrogen-bond donors (Lipinski definition) is 2. The second-order valence-corrected chi connectivity index (χ2v) is 6.96. The first kappa shape index (κ1) is 17.8. The van der Waals surface area contributed by atoms with Crippen molar-refractivity contribution in [2.75, 3.05) is 33.0 Å². The predicted molar refractivity (Wildman–Crippen MR) is 97.9 cm³/mol. The van der Waals surface area contributed by atoms with Crippen LogP contribution in [0.3, 0.4) is 0 Å². The lowest BCUT2D eigenvalue weighted by molar-refractivity contribution is 0.213. The SMILES string of the molecule is CN=C(NCC(C)Oc1ccccc1OC)NCC1CCCS1. The van der Waals surface area contributed by atoms with Crippen molar-refractivity contribution >= 4 is 17.7 Å². The van der Waals surface area contributed by atoms with Crippen molar-refractivity contribution in [3.8, 4) is 11.5 Å². The van der Waals surface area contributed by atoms with E-state index < -0.39 is 0 Å². The van der Waals surface area contributed by atoms with Crippen molar-refractivity contribution < 1.29 is 9.47 Å². The van der Waals surface area contributed by atoms with Gasteiger partial charge in [0.2, 0.25) is 0 Å². The second kappa shape index (κ2) is 9.55. The molecule has 2 atom stereocenters. The van der Waals surface area contributed by atoms with E-state index in [1.54, 1.807) is 14.2 Å². The lowest BCUT2D eigenvalue weighted by Crippen LogP contribution is -2.43. The van der Waals surface area contributed by atoms with E-state index in [-0.39, 0.29) is 6.10 Å². The highest BCUT2D eigenvalue weighted by molar-refractivity contribution is 8.00. The number of para-hydroxylation sites is 2. The summed E-state index contributed by atoms with van der Waals surface area (Å²) in [6, 6.07) is 7.69. The van der Waals surface area contributed by atoms with Crippen LogP contribution < -0.4 is 20.1 Å². The van der Waals surface area contributed by atoms with Crippen LogP contribution in [0.2, 0.25) is 0 Å². The van der Waals surface area contributed by atoms with Gasteiger partial charge in [0.15, 0.2) is 17.5 Å². The Hall–Kier alpha value is -1.56. The first-order chi connectivity index (χ1) is 11.2. The molecule has 5 nitrogen and oxygen atoms in total. The molecule has 1 saturated heterocycles. The van der Waals surface area contributed by atoms with Gasteiger partial charge in [-0.3, -0.25) is 4.99 Å². The van der Waals surface area contributed by atoms with Crippen molar-refractivity contribution in [2.24, 2.45) is 4.99 Å². The lowest BCUT2D eigenvalue weighted by Gasteiger charge is -2.19. The largest absolute Gasteiger partial charge is 0.493 e. The zero-order valence-electron chi connectivity index (χ0n) is 14.2. The Morgan fingerprint density at radius 3 is 2.78 bits per heavy atom. The third-order valence-electron chi connectivity index (χ3n) is 3.70. The number of rotatable bonds is 7. The molecule has 1 aliphatic heterocycles. The van der Waals surface area contributed by atoms with Crippen molar-refractivity contribution in [2.45, 2.75) is 31.1 Å². The Morgan fingerprint density at radius 2 is 2.13 bits per heavy atom. The normalized spacial score (nSPS) is 19.3. The number of hydrogen-bond acceptors (Lipinski definition) is 4. The molecule has 6 heteroatoms. The van der Waals surface area contributed by atoms with Gasteiger partial charge in [-0.05, 0) is 37.7 Å². The van der Waals surface area contributed by atoms with Gasteiger partial charge in [0.05, 0.1) is 13.7 Å². The van der Waals surface area contributed by atoms with Gasteiger partial charge in [0.1, 0.15) is 6.10 Å². The summed E-state index contributed by atoms with van der Waals surface area (Å²) in [5, 5.41) is 7.41. The zero-order chi connectivity index (χ0) is 16.5. The molecule has 0 bridgehead atoms. The monoisotopic (exact) mass is 337 g/mol. The minimum atomic E-state index is 0.00528. The molecular formula is C17H27N3O2S. The summed E-state index contributed by atoms with van der Waals surface area (Å²) < 4.78 is 11.2. The molecule has 2 N–H and O–H groups in total. The quantitative estimate of drug-likeness (QED) is 0.591. The van der Waals surface area contributed by atoms with Crippen LogP contribution in [0, 0.1) is 0 Å². The summed E-state index contributed by atoms with van der Waals surface area (Å²) in [5.41, 5.74) is 0. The van der Waals surface area contributed by atoms with E-state index in [9.17, 15) is 0 Å². The number of methoxy groups -OCH3 is 1. The number of nitrogens with zero attached hydrogens (tertiary/aromatic N) is 1. The molecule has 1 aromatic rings. The summed E-state index contributed by atoms with van der Waals surface area (Å²) >= 11 is 2.04. The standard InChI is InChI=1S/C17H27N3O2S/c1-13(22-16-9-5-4-8-15(16)21-3)11-19-17(18-2)20-12-14-7-6-10-23-14/h4-5,8-9,13-14H,6-7,10-12H2,1-3H3,(H2,18,19,20). The Bertz CT molecular complexity index is 504. The van der Waals surface area contributed by atoms with Crippen LogP contribution in [0.15, 0.2) is 29.3 Å². The summed E-state index contributed by atoms with van der Waals surface area (Å²) in [6.45, 7) is 3.67. The first-order valence-corrected chi connectivity index (χ1v) is 9.13. The average molecular weight is 337 g/mol. The van der Waals surface area contributed by atoms with Crippen molar-refractivity contribution in [3.05, 3.63) is 24.3 Å². The zero-order valence-corrected chi connectivity index (χ0v) is 15.0. The smallest absolute Gasteiger partial charge is 0.191 e. The number of aliphatic imine (C=N–C) groups is 1. The summed E-state index contributed by atoms with van der Waals surface area (Å²) in [4.78, 5) is 4.27. The molecule has 1 aliphatic rings. The molecule has 1 fully saturated rings. The third-order valence-corrected chi connectivity index (χ3v) is 5.10. The van der Waals surface area contributed by atoms with Gasteiger partial charge in [-0.15, -0.1) is 0 Å². The fourth-order valence-corrected chi connectivity index (χ4v) is 3.65. The van der Waals surface area contributed by atoms with E-state index in [0.29, 0.717) is 11.8 Å². The molecule has 0 aromatic heterocycles. The predicted octanol–water partition coefficient (Wildman–Crippen LogP) is 2.52. The van der Waals surface area contributed by atoms with Gasteiger partial charge in [0, 0.05) is 18.8 Å². The maximum atomic E-state index is 5.93. The molecule has 0 amide bonds. The van der Waals surface area contributed by atoms with E-state index in [0.717, 1.165) is 24.0 Å². The van der Waals surface area contributed by atoms with E-state index in [2.05, 4.69) is 15.6 Å². The van der Waals surface area contributed by atoms with Crippen LogP contribution in [0.1, 0.15) is 19.8 Å². The van der Waals surface area contributed by atoms with Gasteiger partial charge in [-0.2, -0.15) is 11.8 Å². The molecular weight excluding hydrogens is 310 g/mol. The van der Waals surface area contributed by atoms with Crippen LogP contribution in [0.25, 0.3) is 0 Å². The molecule has 0 aliphatic carbocycles. The van der Waals surface area contributed by atoms with E-state index >= 15 is 0 Å². The minimum absolute atomic E-state index is 0.00528. The maximum Gasteiger partial charge on any atom is 0.191 e. The van der Waals surface area contributed by atoms with E-state index in [1.807, 2.05) is 43.0 Å². The van der Waals surface area contributed by atoms with Crippen molar-refractivity contribution in [1.29, 1.82) is 0 Å². The molecule has 0 radical (unpaired) electrons. The van der Waals surface area contributed by atoms with Crippen molar-refractivity contribution in [3.63, 3.8) is 0 Å². The Morgan fingerprint density at radius 1 is 1.35 bits per heavy atom. The van der Waals surface area contributed by atoms with Gasteiger partial charge in [0.25, 0.3) is 0 Å². The molecule has 0 saturated carbocycles. The minimum Gasteiger partial charge on any atom is -0.493 e. The molecule has 0 spiro atoms. The Labute approximate surface area is 143 Å². The molecule has 2 unspecified atom stereocenters. The van der Waals surface area contributed by atoms with Gasteiger partial charge in [-0.25, -0.2) is 0 Å².